The predicted octanol–water partition coefficient (Wildman–Crippen LogP) is 3.77. The third-order valence-electron chi connectivity index (χ3n) is 3.85. The van der Waals surface area contributed by atoms with Crippen molar-refractivity contribution < 1.29 is 0 Å². The summed E-state index contributed by atoms with van der Waals surface area (Å²) in [6.07, 6.45) is 1.89. The van der Waals surface area contributed by atoms with E-state index in [2.05, 4.69) is 36.2 Å². The maximum Gasteiger partial charge on any atom is 0.143 e. The highest BCUT2D eigenvalue weighted by Gasteiger charge is 2.39. The smallest absolute Gasteiger partial charge is 0.143 e. The van der Waals surface area contributed by atoms with E-state index in [0.717, 1.165) is 17.9 Å². The highest BCUT2D eigenvalue weighted by Crippen LogP contribution is 2.44. The molecule has 2 heterocycles. The highest BCUT2D eigenvalue weighted by molar-refractivity contribution is 5.61. The lowest BCUT2D eigenvalue weighted by Crippen LogP contribution is -2.35. The second kappa shape index (κ2) is 4.34. The summed E-state index contributed by atoms with van der Waals surface area (Å²) in [4.78, 5) is 15.6. The van der Waals surface area contributed by atoms with Crippen molar-refractivity contribution in [2.24, 2.45) is 10.6 Å². The Morgan fingerprint density at radius 2 is 2.17 bits per heavy atom. The summed E-state index contributed by atoms with van der Waals surface area (Å²) in [5.41, 5.74) is 4.03. The fourth-order valence-electron chi connectivity index (χ4n) is 2.63. The topological polar surface area (TPSA) is 54.4 Å². The average molecular weight is 247 g/mol. The third kappa shape index (κ3) is 1.89. The number of pyridine rings is 1. The number of nitrogens with zero attached hydrogens (tertiary/aromatic N) is 2. The maximum atomic E-state index is 11.2. The molecule has 98 valence electrons. The van der Waals surface area contributed by atoms with Gasteiger partial charge in [0.05, 0.1) is 11.4 Å². The highest BCUT2D eigenvalue weighted by atomic mass is 16.3. The van der Waals surface area contributed by atoms with Crippen molar-refractivity contribution >= 4 is 5.69 Å². The Morgan fingerprint density at radius 3 is 2.72 bits per heavy atom. The second-order valence-electron chi connectivity index (χ2n) is 6.10. The van der Waals surface area contributed by atoms with Gasteiger partial charge >= 0.3 is 0 Å². The lowest BCUT2D eigenvalue weighted by molar-refractivity contribution is 0.296. The Labute approximate surface area is 108 Å². The number of nitroso groups, excluding NO2 is 1. The number of fused-ring (bicyclic) bond motifs is 1. The summed E-state index contributed by atoms with van der Waals surface area (Å²) in [6.45, 7) is 11.2. The van der Waals surface area contributed by atoms with Crippen LogP contribution in [0.3, 0.4) is 0 Å². The number of rotatable bonds is 2. The quantitative estimate of drug-likeness (QED) is 0.809. The van der Waals surface area contributed by atoms with Crippen LogP contribution < -0.4 is 5.32 Å². The van der Waals surface area contributed by atoms with E-state index < -0.39 is 0 Å². The van der Waals surface area contributed by atoms with Crippen molar-refractivity contribution in [3.05, 3.63) is 27.9 Å². The van der Waals surface area contributed by atoms with Gasteiger partial charge in [0.1, 0.15) is 6.04 Å². The molecule has 1 N–H and O–H groups in total. The molecular formula is C14H21N3O. The van der Waals surface area contributed by atoms with Crippen molar-refractivity contribution in [1.82, 2.24) is 4.98 Å². The van der Waals surface area contributed by atoms with E-state index in [1.807, 2.05) is 20.0 Å². The van der Waals surface area contributed by atoms with Crippen LogP contribution in [0.5, 0.6) is 0 Å². The zero-order valence-electron chi connectivity index (χ0n) is 11.7. The molecule has 1 aliphatic heterocycles. The molecular weight excluding hydrogens is 226 g/mol. The lowest BCUT2D eigenvalue weighted by Gasteiger charge is -2.36. The molecule has 0 fully saturated rings. The van der Waals surface area contributed by atoms with Crippen LogP contribution in [0.15, 0.2) is 11.4 Å². The van der Waals surface area contributed by atoms with Gasteiger partial charge in [0.2, 0.25) is 0 Å². The van der Waals surface area contributed by atoms with Gasteiger partial charge < -0.3 is 5.32 Å². The zero-order valence-corrected chi connectivity index (χ0v) is 11.7. The van der Waals surface area contributed by atoms with Gasteiger partial charge in [0.15, 0.2) is 0 Å². The molecule has 0 radical (unpaired) electrons. The van der Waals surface area contributed by atoms with Gasteiger partial charge in [0.25, 0.3) is 0 Å². The van der Waals surface area contributed by atoms with Crippen molar-refractivity contribution in [3.63, 3.8) is 0 Å². The summed E-state index contributed by atoms with van der Waals surface area (Å²) in [6, 6.07) is -0.367. The SMILES string of the molecule is Cc1c(C(C)C)cnc2c1NCC(C)(C)C2N=O. The van der Waals surface area contributed by atoms with Crippen LogP contribution in [0, 0.1) is 17.2 Å². The number of hydrogen-bond acceptors (Lipinski definition) is 4. The normalized spacial score (nSPS) is 21.3. The molecule has 4 nitrogen and oxygen atoms in total. The molecule has 0 aliphatic carbocycles. The Kier molecular flexibility index (Phi) is 3.13. The molecule has 1 atom stereocenters. The van der Waals surface area contributed by atoms with Gasteiger partial charge in [-0.15, -0.1) is 0 Å². The van der Waals surface area contributed by atoms with Gasteiger partial charge in [0, 0.05) is 18.2 Å². The molecule has 0 amide bonds. The van der Waals surface area contributed by atoms with Crippen LogP contribution in [-0.2, 0) is 0 Å². The van der Waals surface area contributed by atoms with E-state index in [0.29, 0.717) is 5.92 Å². The van der Waals surface area contributed by atoms with Crippen molar-refractivity contribution in [2.45, 2.75) is 46.6 Å². The van der Waals surface area contributed by atoms with Gasteiger partial charge in [-0.1, -0.05) is 32.9 Å². The molecule has 0 saturated carbocycles. The third-order valence-corrected chi connectivity index (χ3v) is 3.85. The fraction of sp³-hybridized carbons (Fsp3) is 0.643. The van der Waals surface area contributed by atoms with Gasteiger partial charge in [-0.2, -0.15) is 4.91 Å². The van der Waals surface area contributed by atoms with Crippen LogP contribution in [0.4, 0.5) is 5.69 Å². The molecule has 1 aliphatic rings. The summed E-state index contributed by atoms with van der Waals surface area (Å²) in [5.74, 6) is 0.433. The van der Waals surface area contributed by atoms with E-state index >= 15 is 0 Å². The lowest BCUT2D eigenvalue weighted by atomic mass is 9.78. The van der Waals surface area contributed by atoms with Gasteiger partial charge in [-0.05, 0) is 24.0 Å². The Morgan fingerprint density at radius 1 is 1.50 bits per heavy atom. The molecule has 0 bridgehead atoms. The minimum Gasteiger partial charge on any atom is -0.383 e. The molecule has 0 spiro atoms. The summed E-state index contributed by atoms with van der Waals surface area (Å²) in [7, 11) is 0. The van der Waals surface area contributed by atoms with Crippen molar-refractivity contribution in [1.29, 1.82) is 0 Å². The largest absolute Gasteiger partial charge is 0.383 e. The van der Waals surface area contributed by atoms with E-state index in [1.54, 1.807) is 0 Å². The molecule has 4 heteroatoms. The van der Waals surface area contributed by atoms with Gasteiger partial charge in [-0.3, -0.25) is 4.98 Å². The van der Waals surface area contributed by atoms with Crippen LogP contribution in [0.1, 0.15) is 56.5 Å². The minimum atomic E-state index is -0.367. The predicted molar refractivity (Wildman–Crippen MR) is 73.9 cm³/mol. The zero-order chi connectivity index (χ0) is 13.5. The Hall–Kier alpha value is -1.45. The van der Waals surface area contributed by atoms with Crippen LogP contribution >= 0.6 is 0 Å². The molecule has 0 saturated heterocycles. The Balaban J connectivity index is 2.57. The molecule has 1 aromatic rings. The van der Waals surface area contributed by atoms with E-state index in [4.69, 9.17) is 0 Å². The number of anilines is 1. The fourth-order valence-corrected chi connectivity index (χ4v) is 2.63. The molecule has 18 heavy (non-hydrogen) atoms. The second-order valence-corrected chi connectivity index (χ2v) is 6.10. The summed E-state index contributed by atoms with van der Waals surface area (Å²) in [5, 5.41) is 6.72. The van der Waals surface area contributed by atoms with E-state index in [9.17, 15) is 4.91 Å². The van der Waals surface area contributed by atoms with Crippen LogP contribution in [0.25, 0.3) is 0 Å². The van der Waals surface area contributed by atoms with E-state index in [-0.39, 0.29) is 11.5 Å². The van der Waals surface area contributed by atoms with Crippen molar-refractivity contribution in [3.8, 4) is 0 Å². The summed E-state index contributed by atoms with van der Waals surface area (Å²) < 4.78 is 0. The minimum absolute atomic E-state index is 0.187. The van der Waals surface area contributed by atoms with Crippen molar-refractivity contribution in [2.75, 3.05) is 11.9 Å². The number of hydrogen-bond donors (Lipinski definition) is 1. The van der Waals surface area contributed by atoms with Crippen LogP contribution in [0.2, 0.25) is 0 Å². The van der Waals surface area contributed by atoms with Crippen LogP contribution in [-0.4, -0.2) is 11.5 Å². The standard InChI is InChI=1S/C14H21N3O/c1-8(2)10-6-15-12-11(9(10)3)16-7-14(4,5)13(12)17-18/h6,8,13,16H,7H2,1-5H3. The summed E-state index contributed by atoms with van der Waals surface area (Å²) >= 11 is 0. The monoisotopic (exact) mass is 247 g/mol. The number of aromatic nitrogens is 1. The first-order valence-corrected chi connectivity index (χ1v) is 6.44. The number of nitrogens with one attached hydrogen (secondary N) is 1. The first kappa shape index (κ1) is 13.0. The van der Waals surface area contributed by atoms with Gasteiger partial charge in [-0.25, -0.2) is 0 Å². The Bertz CT molecular complexity index is 480. The average Bonchev–Trinajstić information content (AvgIpc) is 2.27. The molecule has 1 unspecified atom stereocenters. The maximum absolute atomic E-state index is 11.2. The first-order valence-electron chi connectivity index (χ1n) is 6.44. The first-order chi connectivity index (χ1) is 8.38. The van der Waals surface area contributed by atoms with E-state index in [1.165, 1.54) is 11.1 Å². The molecule has 0 aromatic carbocycles. The molecule has 2 rings (SSSR count). The molecule has 1 aromatic heterocycles.